The van der Waals surface area contributed by atoms with E-state index in [0.717, 1.165) is 58.7 Å². The Labute approximate surface area is 104 Å². The van der Waals surface area contributed by atoms with E-state index in [1.54, 1.807) is 0 Å². The molecule has 0 aromatic carbocycles. The highest BCUT2D eigenvalue weighted by Crippen LogP contribution is 2.17. The summed E-state index contributed by atoms with van der Waals surface area (Å²) in [5, 5.41) is 0.399. The molecule has 0 bridgehead atoms. The Bertz CT molecular complexity index is 207. The van der Waals surface area contributed by atoms with E-state index in [-0.39, 0.29) is 0 Å². The number of rotatable bonds is 3. The van der Waals surface area contributed by atoms with E-state index in [1.165, 1.54) is 0 Å². The third-order valence-electron chi connectivity index (χ3n) is 3.65. The minimum Gasteiger partial charge on any atom is -0.374 e. The molecule has 1 unspecified atom stereocenters. The van der Waals surface area contributed by atoms with Gasteiger partial charge in [-0.2, -0.15) is 0 Å². The van der Waals surface area contributed by atoms with Crippen molar-refractivity contribution in [2.24, 2.45) is 0 Å². The van der Waals surface area contributed by atoms with E-state index in [2.05, 4.69) is 16.7 Å². The second kappa shape index (κ2) is 6.20. The van der Waals surface area contributed by atoms with Crippen LogP contribution in [-0.2, 0) is 4.74 Å². The molecule has 2 rings (SSSR count). The van der Waals surface area contributed by atoms with Crippen LogP contribution in [0.25, 0.3) is 0 Å². The predicted molar refractivity (Wildman–Crippen MR) is 67.2 cm³/mol. The van der Waals surface area contributed by atoms with Crippen LogP contribution in [0.3, 0.4) is 0 Å². The highest BCUT2D eigenvalue weighted by atomic mass is 35.5. The number of hydrogen-bond acceptors (Lipinski definition) is 3. The number of ether oxygens (including phenoxy) is 1. The monoisotopic (exact) mass is 246 g/mol. The molecule has 0 aliphatic carbocycles. The van der Waals surface area contributed by atoms with Crippen LogP contribution in [0.2, 0.25) is 0 Å². The SMILES string of the molecule is CCN1CCOC(CN2CCC(Cl)CC2)C1. The normalized spacial score (nSPS) is 30.8. The zero-order valence-corrected chi connectivity index (χ0v) is 11.0. The van der Waals surface area contributed by atoms with Gasteiger partial charge in [-0.25, -0.2) is 0 Å². The number of nitrogens with zero attached hydrogens (tertiary/aromatic N) is 2. The number of piperidine rings is 1. The maximum Gasteiger partial charge on any atom is 0.0829 e. The maximum absolute atomic E-state index is 6.10. The molecule has 0 aromatic rings. The first-order chi connectivity index (χ1) is 7.78. The quantitative estimate of drug-likeness (QED) is 0.701. The molecule has 0 radical (unpaired) electrons. The maximum atomic E-state index is 6.10. The molecule has 94 valence electrons. The number of halogens is 1. The van der Waals surface area contributed by atoms with Crippen molar-refractivity contribution in [3.63, 3.8) is 0 Å². The molecule has 16 heavy (non-hydrogen) atoms. The third kappa shape index (κ3) is 3.59. The lowest BCUT2D eigenvalue weighted by Gasteiger charge is -2.37. The van der Waals surface area contributed by atoms with Crippen molar-refractivity contribution in [1.82, 2.24) is 9.80 Å². The fourth-order valence-corrected chi connectivity index (χ4v) is 2.75. The lowest BCUT2D eigenvalue weighted by Crippen LogP contribution is -2.48. The molecular weight excluding hydrogens is 224 g/mol. The van der Waals surface area contributed by atoms with Gasteiger partial charge in [-0.3, -0.25) is 4.90 Å². The van der Waals surface area contributed by atoms with Gasteiger partial charge in [0.05, 0.1) is 12.7 Å². The Kier molecular flexibility index (Phi) is 4.89. The number of alkyl halides is 1. The van der Waals surface area contributed by atoms with Crippen molar-refractivity contribution in [2.75, 3.05) is 45.9 Å². The zero-order valence-electron chi connectivity index (χ0n) is 10.2. The number of hydrogen-bond donors (Lipinski definition) is 0. The molecule has 2 fully saturated rings. The van der Waals surface area contributed by atoms with Gasteiger partial charge in [-0.15, -0.1) is 11.6 Å². The Morgan fingerprint density at radius 1 is 1.19 bits per heavy atom. The zero-order chi connectivity index (χ0) is 11.4. The summed E-state index contributed by atoms with van der Waals surface area (Å²) in [7, 11) is 0. The number of morpholine rings is 1. The lowest BCUT2D eigenvalue weighted by molar-refractivity contribution is -0.0435. The van der Waals surface area contributed by atoms with E-state index in [9.17, 15) is 0 Å². The predicted octanol–water partition coefficient (Wildman–Crippen LogP) is 1.41. The summed E-state index contributed by atoms with van der Waals surface area (Å²) in [6, 6.07) is 0. The third-order valence-corrected chi connectivity index (χ3v) is 4.09. The molecule has 0 N–H and O–H groups in total. The highest BCUT2D eigenvalue weighted by molar-refractivity contribution is 6.20. The topological polar surface area (TPSA) is 15.7 Å². The van der Waals surface area contributed by atoms with Crippen molar-refractivity contribution >= 4 is 11.6 Å². The van der Waals surface area contributed by atoms with Crippen LogP contribution in [0.5, 0.6) is 0 Å². The minimum atomic E-state index is 0.399. The van der Waals surface area contributed by atoms with E-state index >= 15 is 0 Å². The van der Waals surface area contributed by atoms with Gasteiger partial charge in [0.25, 0.3) is 0 Å². The molecule has 1 atom stereocenters. The summed E-state index contributed by atoms with van der Waals surface area (Å²) in [5.41, 5.74) is 0. The average Bonchev–Trinajstić information content (AvgIpc) is 2.32. The molecule has 3 nitrogen and oxygen atoms in total. The van der Waals surface area contributed by atoms with Crippen LogP contribution in [0.4, 0.5) is 0 Å². The van der Waals surface area contributed by atoms with Gasteiger partial charge in [-0.05, 0) is 32.5 Å². The molecule has 0 amide bonds. The Balaban J connectivity index is 1.72. The van der Waals surface area contributed by atoms with Crippen molar-refractivity contribution in [3.05, 3.63) is 0 Å². The second-order valence-electron chi connectivity index (χ2n) is 4.86. The van der Waals surface area contributed by atoms with Crippen molar-refractivity contribution < 1.29 is 4.74 Å². The fourth-order valence-electron chi connectivity index (χ4n) is 2.55. The minimum absolute atomic E-state index is 0.399. The smallest absolute Gasteiger partial charge is 0.0829 e. The summed E-state index contributed by atoms with van der Waals surface area (Å²) < 4.78 is 5.82. The van der Waals surface area contributed by atoms with E-state index in [1.807, 2.05) is 0 Å². The van der Waals surface area contributed by atoms with Gasteiger partial charge in [0.15, 0.2) is 0 Å². The molecule has 0 saturated carbocycles. The Morgan fingerprint density at radius 2 is 1.94 bits per heavy atom. The molecular formula is C12H23ClN2O. The summed E-state index contributed by atoms with van der Waals surface area (Å²) in [4.78, 5) is 4.98. The first-order valence-electron chi connectivity index (χ1n) is 6.48. The van der Waals surface area contributed by atoms with Crippen LogP contribution >= 0.6 is 11.6 Å². The largest absolute Gasteiger partial charge is 0.374 e. The van der Waals surface area contributed by atoms with Crippen LogP contribution in [0.1, 0.15) is 19.8 Å². The van der Waals surface area contributed by atoms with E-state index in [4.69, 9.17) is 16.3 Å². The van der Waals surface area contributed by atoms with Crippen LogP contribution in [0, 0.1) is 0 Å². The summed E-state index contributed by atoms with van der Waals surface area (Å²) in [6.45, 7) is 9.81. The van der Waals surface area contributed by atoms with Crippen LogP contribution in [-0.4, -0.2) is 67.2 Å². The van der Waals surface area contributed by atoms with Crippen LogP contribution in [0.15, 0.2) is 0 Å². The molecule has 4 heteroatoms. The van der Waals surface area contributed by atoms with Crippen molar-refractivity contribution in [1.29, 1.82) is 0 Å². The van der Waals surface area contributed by atoms with Gasteiger partial charge >= 0.3 is 0 Å². The van der Waals surface area contributed by atoms with Crippen LogP contribution < -0.4 is 0 Å². The standard InChI is InChI=1S/C12H23ClN2O/c1-2-14-7-8-16-12(9-14)10-15-5-3-11(13)4-6-15/h11-12H,2-10H2,1H3. The lowest BCUT2D eigenvalue weighted by atomic mass is 10.1. The average molecular weight is 247 g/mol. The fraction of sp³-hybridized carbons (Fsp3) is 1.00. The first kappa shape index (κ1) is 12.6. The van der Waals surface area contributed by atoms with Crippen molar-refractivity contribution in [3.8, 4) is 0 Å². The van der Waals surface area contributed by atoms with Crippen molar-refractivity contribution in [2.45, 2.75) is 31.2 Å². The van der Waals surface area contributed by atoms with E-state index in [0.29, 0.717) is 11.5 Å². The molecule has 2 aliphatic heterocycles. The molecule has 2 aliphatic rings. The van der Waals surface area contributed by atoms with Gasteiger partial charge in [-0.1, -0.05) is 6.92 Å². The number of likely N-dealkylation sites (tertiary alicyclic amines) is 1. The van der Waals surface area contributed by atoms with E-state index < -0.39 is 0 Å². The molecule has 2 heterocycles. The van der Waals surface area contributed by atoms with Gasteiger partial charge < -0.3 is 9.64 Å². The molecule has 0 aromatic heterocycles. The molecule has 0 spiro atoms. The van der Waals surface area contributed by atoms with Gasteiger partial charge in [0, 0.05) is 25.0 Å². The molecule has 2 saturated heterocycles. The summed E-state index contributed by atoms with van der Waals surface area (Å²) >= 11 is 6.10. The highest BCUT2D eigenvalue weighted by Gasteiger charge is 2.24. The van der Waals surface area contributed by atoms with Gasteiger partial charge in [0.2, 0.25) is 0 Å². The first-order valence-corrected chi connectivity index (χ1v) is 6.92. The summed E-state index contributed by atoms with van der Waals surface area (Å²) in [5.74, 6) is 0. The van der Waals surface area contributed by atoms with Gasteiger partial charge in [0.1, 0.15) is 0 Å². The second-order valence-corrected chi connectivity index (χ2v) is 5.48. The number of likely N-dealkylation sites (N-methyl/N-ethyl adjacent to an activating group) is 1. The Morgan fingerprint density at radius 3 is 2.62 bits per heavy atom. The Hall–Kier alpha value is 0.170. The summed E-state index contributed by atoms with van der Waals surface area (Å²) in [6.07, 6.45) is 2.66.